The summed E-state index contributed by atoms with van der Waals surface area (Å²) < 4.78 is 6.69. The highest BCUT2D eigenvalue weighted by molar-refractivity contribution is 6.02. The highest BCUT2D eigenvalue weighted by Crippen LogP contribution is 2.35. The molecule has 4 rings (SSSR count). The maximum absolute atomic E-state index is 13.0. The van der Waals surface area contributed by atoms with Crippen molar-refractivity contribution in [1.82, 2.24) is 9.78 Å². The lowest BCUT2D eigenvalue weighted by Gasteiger charge is -2.24. The maximum Gasteiger partial charge on any atom is 0.335 e. The highest BCUT2D eigenvalue weighted by atomic mass is 16.5. The van der Waals surface area contributed by atoms with Crippen LogP contribution in [0.3, 0.4) is 0 Å². The Labute approximate surface area is 177 Å². The van der Waals surface area contributed by atoms with Crippen LogP contribution in [0.25, 0.3) is 11.3 Å². The Kier molecular flexibility index (Phi) is 5.16. The lowest BCUT2D eigenvalue weighted by molar-refractivity contribution is -0.125. The Bertz CT molecular complexity index is 1180. The van der Waals surface area contributed by atoms with E-state index in [1.165, 1.54) is 22.9 Å². The zero-order valence-electron chi connectivity index (χ0n) is 16.9. The number of rotatable bonds is 5. The normalized spacial score (nSPS) is 15.0. The first-order chi connectivity index (χ1) is 14.9. The van der Waals surface area contributed by atoms with Gasteiger partial charge in [-0.2, -0.15) is 5.10 Å². The summed E-state index contributed by atoms with van der Waals surface area (Å²) in [5.74, 6) is -0.679. The average Bonchev–Trinajstić information content (AvgIpc) is 3.09. The Balaban J connectivity index is 1.66. The number of carbonyl (C=O) groups excluding carboxylic acids is 2. The largest absolute Gasteiger partial charge is 0.497 e. The number of nitrogens with one attached hydrogen (secondary N) is 2. The van der Waals surface area contributed by atoms with Gasteiger partial charge in [-0.3, -0.25) is 9.59 Å². The smallest absolute Gasteiger partial charge is 0.335 e. The zero-order valence-corrected chi connectivity index (χ0v) is 16.9. The van der Waals surface area contributed by atoms with Crippen molar-refractivity contribution in [3.8, 4) is 17.0 Å². The summed E-state index contributed by atoms with van der Waals surface area (Å²) in [7, 11) is 1.58. The van der Waals surface area contributed by atoms with E-state index in [1.54, 1.807) is 13.2 Å². The van der Waals surface area contributed by atoms with Gasteiger partial charge in [-0.1, -0.05) is 6.07 Å². The number of carboxylic acids is 1. The van der Waals surface area contributed by atoms with Crippen LogP contribution in [0.1, 0.15) is 28.4 Å². The molecule has 31 heavy (non-hydrogen) atoms. The topological polar surface area (TPSA) is 123 Å². The van der Waals surface area contributed by atoms with E-state index in [0.717, 1.165) is 11.1 Å². The van der Waals surface area contributed by atoms with Crippen LogP contribution >= 0.6 is 0 Å². The van der Waals surface area contributed by atoms with E-state index in [2.05, 4.69) is 15.7 Å². The Morgan fingerprint density at radius 2 is 1.97 bits per heavy atom. The number of nitrogens with zero attached hydrogens (tertiary/aromatic N) is 2. The summed E-state index contributed by atoms with van der Waals surface area (Å²) in [6.45, 7) is 1.83. The van der Waals surface area contributed by atoms with Gasteiger partial charge in [0.2, 0.25) is 11.8 Å². The number of aromatic nitrogens is 2. The third kappa shape index (κ3) is 3.85. The number of hydrogen-bond donors (Lipinski definition) is 3. The molecule has 0 bridgehead atoms. The van der Waals surface area contributed by atoms with Gasteiger partial charge in [0.25, 0.3) is 0 Å². The van der Waals surface area contributed by atoms with E-state index < -0.39 is 17.9 Å². The van der Waals surface area contributed by atoms with Crippen molar-refractivity contribution in [2.75, 3.05) is 17.7 Å². The van der Waals surface area contributed by atoms with Crippen LogP contribution in [0.4, 0.5) is 11.5 Å². The van der Waals surface area contributed by atoms with Gasteiger partial charge in [-0.15, -0.1) is 0 Å². The van der Waals surface area contributed by atoms with Crippen molar-refractivity contribution in [1.29, 1.82) is 0 Å². The molecular formula is C22H20N4O5. The molecule has 0 spiro atoms. The average molecular weight is 420 g/mol. The predicted molar refractivity (Wildman–Crippen MR) is 113 cm³/mol. The molecule has 1 aliphatic heterocycles. The van der Waals surface area contributed by atoms with Crippen molar-refractivity contribution < 1.29 is 24.2 Å². The molecule has 158 valence electrons. The van der Waals surface area contributed by atoms with Crippen molar-refractivity contribution in [3.05, 3.63) is 59.7 Å². The fraction of sp³-hybridized carbons (Fsp3) is 0.182. The highest BCUT2D eigenvalue weighted by Gasteiger charge is 2.34. The quantitative estimate of drug-likeness (QED) is 0.583. The van der Waals surface area contributed by atoms with E-state index in [0.29, 0.717) is 22.9 Å². The molecule has 1 atom stereocenters. The number of anilines is 2. The summed E-state index contributed by atoms with van der Waals surface area (Å²) in [4.78, 5) is 36.4. The second-order valence-corrected chi connectivity index (χ2v) is 7.14. The van der Waals surface area contributed by atoms with E-state index in [4.69, 9.17) is 9.84 Å². The number of benzene rings is 2. The zero-order chi connectivity index (χ0) is 22.1. The van der Waals surface area contributed by atoms with Gasteiger partial charge in [0.15, 0.2) is 0 Å². The molecule has 0 saturated heterocycles. The summed E-state index contributed by atoms with van der Waals surface area (Å²) in [6, 6.07) is 12.4. The molecule has 0 aliphatic carbocycles. The van der Waals surface area contributed by atoms with E-state index in [9.17, 15) is 14.4 Å². The Morgan fingerprint density at radius 3 is 2.65 bits per heavy atom. The molecular weight excluding hydrogens is 400 g/mol. The second kappa shape index (κ2) is 7.94. The van der Waals surface area contributed by atoms with Crippen LogP contribution in [0.2, 0.25) is 0 Å². The monoisotopic (exact) mass is 420 g/mol. The van der Waals surface area contributed by atoms with Crippen LogP contribution in [-0.4, -0.2) is 39.8 Å². The molecule has 0 radical (unpaired) electrons. The number of hydrogen-bond acceptors (Lipinski definition) is 5. The van der Waals surface area contributed by atoms with Crippen molar-refractivity contribution in [3.63, 3.8) is 0 Å². The minimum Gasteiger partial charge on any atom is -0.497 e. The Hall–Kier alpha value is -4.14. The van der Waals surface area contributed by atoms with Crippen LogP contribution < -0.4 is 15.4 Å². The molecule has 1 aliphatic rings. The molecule has 0 saturated carbocycles. The van der Waals surface area contributed by atoms with E-state index >= 15 is 0 Å². The van der Waals surface area contributed by atoms with Gasteiger partial charge < -0.3 is 20.5 Å². The number of carboxylic acid groups (broad SMARTS) is 1. The fourth-order valence-electron chi connectivity index (χ4n) is 3.52. The third-order valence-corrected chi connectivity index (χ3v) is 5.12. The Morgan fingerprint density at radius 1 is 1.23 bits per heavy atom. The number of ether oxygens (including phenoxy) is 1. The molecule has 3 N–H and O–H groups in total. The summed E-state index contributed by atoms with van der Waals surface area (Å²) >= 11 is 0. The molecule has 3 aromatic rings. The van der Waals surface area contributed by atoms with E-state index in [1.807, 2.05) is 31.2 Å². The van der Waals surface area contributed by atoms with Crippen LogP contribution in [-0.2, 0) is 9.59 Å². The molecule has 9 nitrogen and oxygen atoms in total. The standard InChI is InChI=1S/C22H20N4O5/c1-12-19(13-6-8-16(31-2)9-7-13)25-26-17(11-18(27)24-20(12)26)21(28)23-15-5-3-4-14(10-15)22(29)30/h3-10,17H,11H2,1-2H3,(H,23,28)(H,24,27)(H,29,30)/t17-/m1/s1. The summed E-state index contributed by atoms with van der Waals surface area (Å²) in [5, 5.41) is 19.2. The first kappa shape index (κ1) is 20.1. The second-order valence-electron chi connectivity index (χ2n) is 7.14. The number of methoxy groups -OCH3 is 1. The fourth-order valence-corrected chi connectivity index (χ4v) is 3.52. The van der Waals surface area contributed by atoms with E-state index in [-0.39, 0.29) is 17.9 Å². The molecule has 0 unspecified atom stereocenters. The number of carbonyl (C=O) groups is 3. The minimum atomic E-state index is -1.10. The van der Waals surface area contributed by atoms with Gasteiger partial charge in [0, 0.05) is 16.8 Å². The molecule has 0 fully saturated rings. The van der Waals surface area contributed by atoms with Gasteiger partial charge in [-0.05, 0) is 49.4 Å². The molecule has 2 aromatic carbocycles. The first-order valence-electron chi connectivity index (χ1n) is 9.55. The van der Waals surface area contributed by atoms with Gasteiger partial charge >= 0.3 is 5.97 Å². The van der Waals surface area contributed by atoms with Crippen LogP contribution in [0.15, 0.2) is 48.5 Å². The molecule has 2 amide bonds. The van der Waals surface area contributed by atoms with Crippen molar-refractivity contribution in [2.24, 2.45) is 0 Å². The molecule has 1 aromatic heterocycles. The first-order valence-corrected chi connectivity index (χ1v) is 9.55. The van der Waals surface area contributed by atoms with Crippen LogP contribution in [0, 0.1) is 6.92 Å². The van der Waals surface area contributed by atoms with Crippen molar-refractivity contribution >= 4 is 29.3 Å². The van der Waals surface area contributed by atoms with Gasteiger partial charge in [0.05, 0.1) is 24.8 Å². The number of aromatic carboxylic acids is 1. The molecule has 9 heteroatoms. The number of amides is 2. The lowest BCUT2D eigenvalue weighted by Crippen LogP contribution is -2.36. The van der Waals surface area contributed by atoms with Gasteiger partial charge in [0.1, 0.15) is 17.6 Å². The van der Waals surface area contributed by atoms with Gasteiger partial charge in [-0.25, -0.2) is 9.48 Å². The maximum atomic E-state index is 13.0. The van der Waals surface area contributed by atoms with Crippen LogP contribution in [0.5, 0.6) is 5.75 Å². The predicted octanol–water partition coefficient (Wildman–Crippen LogP) is 3.09. The summed E-state index contributed by atoms with van der Waals surface area (Å²) in [6.07, 6.45) is -0.0827. The molecule has 2 heterocycles. The SMILES string of the molecule is COc1ccc(-c2nn3c(c2C)NC(=O)C[C@@H]3C(=O)Nc2cccc(C(=O)O)c2)cc1. The minimum absolute atomic E-state index is 0.0524. The lowest BCUT2D eigenvalue weighted by atomic mass is 10.1. The number of fused-ring (bicyclic) bond motifs is 1. The third-order valence-electron chi connectivity index (χ3n) is 5.12. The van der Waals surface area contributed by atoms with Crippen molar-refractivity contribution in [2.45, 2.75) is 19.4 Å². The summed E-state index contributed by atoms with van der Waals surface area (Å²) in [5.41, 5.74) is 2.59.